The normalized spacial score (nSPS) is 13.0. The molecule has 0 aliphatic heterocycles. The van der Waals surface area contributed by atoms with Crippen molar-refractivity contribution in [3.63, 3.8) is 0 Å². The number of hydrogen-bond acceptors (Lipinski definition) is 2. The summed E-state index contributed by atoms with van der Waals surface area (Å²) in [6, 6.07) is 50.6. The molecule has 10 aromatic rings. The number of para-hydroxylation sites is 2. The highest BCUT2D eigenvalue weighted by Crippen LogP contribution is 2.48. The third-order valence-corrected chi connectivity index (χ3v) is 14.3. The summed E-state index contributed by atoms with van der Waals surface area (Å²) in [5, 5.41) is 18.7. The van der Waals surface area contributed by atoms with E-state index in [1.165, 1.54) is 98.7 Å². The third-order valence-electron chi connectivity index (χ3n) is 14.3. The molecule has 1 aliphatic carbocycles. The molecule has 0 atom stereocenters. The van der Waals surface area contributed by atoms with E-state index in [1.54, 1.807) is 0 Å². The van der Waals surface area contributed by atoms with Crippen LogP contribution in [0, 0.1) is 0 Å². The van der Waals surface area contributed by atoms with E-state index in [-0.39, 0.29) is 5.41 Å². The second-order valence-corrected chi connectivity index (χ2v) is 17.8. The van der Waals surface area contributed by atoms with E-state index in [9.17, 15) is 5.11 Å². The van der Waals surface area contributed by atoms with Crippen molar-refractivity contribution < 1.29 is 5.11 Å². The molecule has 61 heavy (non-hydrogen) atoms. The summed E-state index contributed by atoms with van der Waals surface area (Å²) in [7, 11) is 13.3. The molecule has 11 rings (SSSR count). The number of phenolic OH excluding ortho intramolecular Hbond substituents is 1. The molecule has 0 saturated heterocycles. The minimum Gasteiger partial charge on any atom is -0.509 e. The van der Waals surface area contributed by atoms with Crippen LogP contribution >= 0.6 is 0 Å². The molecular weight excluding hydrogens is 733 g/mol. The average Bonchev–Trinajstić information content (AvgIpc) is 3.79. The zero-order valence-corrected chi connectivity index (χ0v) is 36.1. The van der Waals surface area contributed by atoms with Gasteiger partial charge in [-0.05, 0) is 107 Å². The maximum absolute atomic E-state index is 11.3. The standard InChI is InChI=1S/C52H42B6N2O/c1-52(2)42-39(40-43(52)48(57)50(61)49(58)46(40)55)45(54)47(56)41(44(42)53)38-33-15-7-5-13-31(33)37(32-14-6-8-16-34(32)38)27-19-21-28(22-20-27)51-59-35-17-9-10-18-36(35)60(51)30-24-23-26-11-3-4-12-29(26)25-30/h3-25,61H,53-58H2,1-2H3. The topological polar surface area (TPSA) is 38.1 Å². The van der Waals surface area contributed by atoms with Gasteiger partial charge in [-0.2, -0.15) is 0 Å². The minimum absolute atomic E-state index is 0.288. The van der Waals surface area contributed by atoms with Gasteiger partial charge in [0.25, 0.3) is 0 Å². The van der Waals surface area contributed by atoms with Crippen molar-refractivity contribution in [1.29, 1.82) is 0 Å². The van der Waals surface area contributed by atoms with Crippen LogP contribution < -0.4 is 32.8 Å². The summed E-state index contributed by atoms with van der Waals surface area (Å²) in [4.78, 5) is 5.23. The fourth-order valence-electron chi connectivity index (χ4n) is 11.3. The fraction of sp³-hybridized carbons (Fsp3) is 0.0577. The summed E-state index contributed by atoms with van der Waals surface area (Å²) < 4.78 is 2.30. The number of phenols is 1. The molecule has 1 aliphatic rings. The van der Waals surface area contributed by atoms with Gasteiger partial charge in [0.1, 0.15) is 58.7 Å². The first-order chi connectivity index (χ1) is 29.5. The Balaban J connectivity index is 1.12. The fourth-order valence-corrected chi connectivity index (χ4v) is 11.3. The highest BCUT2D eigenvalue weighted by molar-refractivity contribution is 6.60. The molecule has 0 spiro atoms. The Morgan fingerprint density at radius 1 is 0.459 bits per heavy atom. The van der Waals surface area contributed by atoms with Crippen LogP contribution in [0.25, 0.3) is 93.8 Å². The molecule has 284 valence electrons. The van der Waals surface area contributed by atoms with Gasteiger partial charge < -0.3 is 5.11 Å². The van der Waals surface area contributed by atoms with Crippen molar-refractivity contribution in [2.75, 3.05) is 0 Å². The highest BCUT2D eigenvalue weighted by atomic mass is 16.3. The summed E-state index contributed by atoms with van der Waals surface area (Å²) in [6.07, 6.45) is 0. The first kappa shape index (κ1) is 37.4. The van der Waals surface area contributed by atoms with Crippen LogP contribution in [0.15, 0.2) is 140 Å². The van der Waals surface area contributed by atoms with Crippen molar-refractivity contribution in [1.82, 2.24) is 9.55 Å². The molecule has 0 bridgehead atoms. The van der Waals surface area contributed by atoms with Gasteiger partial charge in [-0.1, -0.05) is 156 Å². The van der Waals surface area contributed by atoms with Gasteiger partial charge in [0.05, 0.1) is 11.0 Å². The summed E-state index contributed by atoms with van der Waals surface area (Å²) in [6.45, 7) is 4.70. The predicted molar refractivity (Wildman–Crippen MR) is 278 cm³/mol. The summed E-state index contributed by atoms with van der Waals surface area (Å²) in [5.41, 5.74) is 21.3. The summed E-state index contributed by atoms with van der Waals surface area (Å²) in [5.74, 6) is 1.35. The van der Waals surface area contributed by atoms with Crippen molar-refractivity contribution in [3.8, 4) is 56.2 Å². The lowest BCUT2D eigenvalue weighted by molar-refractivity contribution is 0.482. The van der Waals surface area contributed by atoms with Crippen LogP contribution in [0.1, 0.15) is 25.0 Å². The maximum Gasteiger partial charge on any atom is 0.145 e. The molecule has 1 aromatic heterocycles. The number of nitrogens with zero attached hydrogens (tertiary/aromatic N) is 2. The average molecular weight is 776 g/mol. The number of fused-ring (bicyclic) bond motifs is 7. The molecular formula is C52H42B6N2O. The number of aromatic hydroxyl groups is 1. The maximum atomic E-state index is 11.3. The van der Waals surface area contributed by atoms with Gasteiger partial charge in [0, 0.05) is 16.7 Å². The molecule has 3 nitrogen and oxygen atoms in total. The Morgan fingerprint density at radius 3 is 1.62 bits per heavy atom. The summed E-state index contributed by atoms with van der Waals surface area (Å²) >= 11 is 0. The van der Waals surface area contributed by atoms with Crippen molar-refractivity contribution >= 4 is 123 Å². The van der Waals surface area contributed by atoms with Gasteiger partial charge >= 0.3 is 0 Å². The van der Waals surface area contributed by atoms with E-state index < -0.39 is 0 Å². The predicted octanol–water partition coefficient (Wildman–Crippen LogP) is 3.05. The number of aromatic nitrogens is 2. The molecule has 0 unspecified atom stereocenters. The SMILES string of the molecule is Bc1c(B)c2c(c(B)c1O)C(C)(C)c1c(B)c(-c3c4ccccc4c(-c4ccc(-c5nc6ccccc6n5-c5ccc6ccccc6c5)cc4)c4ccccc34)c(B)c(B)c1-2. The van der Waals surface area contributed by atoms with Gasteiger partial charge in [-0.3, -0.25) is 4.57 Å². The molecule has 1 heterocycles. The number of hydrogen-bond donors (Lipinski definition) is 1. The van der Waals surface area contributed by atoms with Crippen molar-refractivity contribution in [3.05, 3.63) is 151 Å². The Morgan fingerprint density at radius 2 is 0.967 bits per heavy atom. The van der Waals surface area contributed by atoms with E-state index in [0.717, 1.165) is 39.0 Å². The van der Waals surface area contributed by atoms with Crippen molar-refractivity contribution in [2.24, 2.45) is 0 Å². The number of rotatable bonds is 4. The third kappa shape index (κ3) is 5.22. The van der Waals surface area contributed by atoms with Crippen molar-refractivity contribution in [2.45, 2.75) is 19.3 Å². The smallest absolute Gasteiger partial charge is 0.145 e. The molecule has 0 fully saturated rings. The highest BCUT2D eigenvalue weighted by Gasteiger charge is 2.42. The van der Waals surface area contributed by atoms with Crippen LogP contribution in [0.5, 0.6) is 5.75 Å². The Hall–Kier alpha value is -6.58. The van der Waals surface area contributed by atoms with Gasteiger partial charge in [-0.15, -0.1) is 0 Å². The van der Waals surface area contributed by atoms with Crippen LogP contribution in [0.3, 0.4) is 0 Å². The van der Waals surface area contributed by atoms with Crippen LogP contribution in [0.2, 0.25) is 0 Å². The minimum atomic E-state index is -0.288. The van der Waals surface area contributed by atoms with Gasteiger partial charge in [0.2, 0.25) is 0 Å². The Kier molecular flexibility index (Phi) is 8.26. The lowest BCUT2D eigenvalue weighted by Crippen LogP contribution is -2.39. The number of benzene rings is 9. The van der Waals surface area contributed by atoms with Crippen LogP contribution in [-0.2, 0) is 5.41 Å². The second-order valence-electron chi connectivity index (χ2n) is 17.8. The van der Waals surface area contributed by atoms with Crippen LogP contribution in [-0.4, -0.2) is 61.7 Å². The largest absolute Gasteiger partial charge is 0.509 e. The lowest BCUT2D eigenvalue weighted by Gasteiger charge is -2.29. The zero-order chi connectivity index (χ0) is 42.1. The first-order valence-corrected chi connectivity index (χ1v) is 21.5. The number of imidazole rings is 1. The van der Waals surface area contributed by atoms with E-state index in [2.05, 4.69) is 205 Å². The van der Waals surface area contributed by atoms with Gasteiger partial charge in [-0.25, -0.2) is 4.98 Å². The zero-order valence-electron chi connectivity index (χ0n) is 36.1. The molecule has 9 heteroatoms. The van der Waals surface area contributed by atoms with Crippen LogP contribution in [0.4, 0.5) is 0 Å². The second kappa shape index (κ2) is 13.5. The molecule has 0 amide bonds. The quantitative estimate of drug-likeness (QED) is 0.221. The molecule has 9 aromatic carbocycles. The molecule has 0 radical (unpaired) electrons. The first-order valence-electron chi connectivity index (χ1n) is 21.5. The Labute approximate surface area is 362 Å². The molecule has 1 N–H and O–H groups in total. The van der Waals surface area contributed by atoms with E-state index in [0.29, 0.717) is 5.75 Å². The van der Waals surface area contributed by atoms with E-state index >= 15 is 0 Å². The monoisotopic (exact) mass is 776 g/mol. The lowest BCUT2D eigenvalue weighted by atomic mass is 9.63. The van der Waals surface area contributed by atoms with Gasteiger partial charge in [0.15, 0.2) is 0 Å². The van der Waals surface area contributed by atoms with E-state index in [4.69, 9.17) is 4.98 Å². The molecule has 0 saturated carbocycles. The van der Waals surface area contributed by atoms with E-state index in [1.807, 2.05) is 0 Å². The Bertz CT molecular complexity index is 3480.